The maximum atomic E-state index is 5.82. The van der Waals surface area contributed by atoms with Crippen molar-refractivity contribution in [3.05, 3.63) is 54.2 Å². The zero-order valence-electron chi connectivity index (χ0n) is 13.5. The molecule has 118 valence electrons. The van der Waals surface area contributed by atoms with E-state index in [-0.39, 0.29) is 0 Å². The number of nitrogen functional groups attached to an aromatic ring is 1. The van der Waals surface area contributed by atoms with Gasteiger partial charge in [-0.3, -0.25) is 0 Å². The van der Waals surface area contributed by atoms with Crippen molar-refractivity contribution in [1.29, 1.82) is 0 Å². The van der Waals surface area contributed by atoms with E-state index < -0.39 is 0 Å². The van der Waals surface area contributed by atoms with Crippen LogP contribution >= 0.6 is 0 Å². The third-order valence-corrected chi connectivity index (χ3v) is 3.78. The first-order valence-corrected chi connectivity index (χ1v) is 7.55. The lowest BCUT2D eigenvalue weighted by molar-refractivity contribution is 0.407. The molecule has 1 aromatic heterocycles. The summed E-state index contributed by atoms with van der Waals surface area (Å²) < 4.78 is 7.16. The van der Waals surface area contributed by atoms with Crippen LogP contribution in [0.5, 0.6) is 5.75 Å². The number of ether oxygens (including phenoxy) is 1. The van der Waals surface area contributed by atoms with Crippen LogP contribution in [0.15, 0.2) is 48.7 Å². The summed E-state index contributed by atoms with van der Waals surface area (Å²) in [5.41, 5.74) is 10.4. The standard InChI is InChI=1S/C18H20N4O/c1-12(2)16-9-13(7-8-18(16)23-3)17-11-22(21-20-17)15-6-4-5-14(19)10-15/h4-12H,19H2,1-3H3. The van der Waals surface area contributed by atoms with E-state index in [1.54, 1.807) is 11.8 Å². The van der Waals surface area contributed by atoms with Crippen LogP contribution in [0.2, 0.25) is 0 Å². The maximum absolute atomic E-state index is 5.82. The van der Waals surface area contributed by atoms with Crippen LogP contribution in [0.25, 0.3) is 16.9 Å². The summed E-state index contributed by atoms with van der Waals surface area (Å²) in [5.74, 6) is 1.26. The van der Waals surface area contributed by atoms with Crippen molar-refractivity contribution < 1.29 is 4.74 Å². The van der Waals surface area contributed by atoms with Crippen LogP contribution in [-0.2, 0) is 0 Å². The summed E-state index contributed by atoms with van der Waals surface area (Å²) in [7, 11) is 1.69. The van der Waals surface area contributed by atoms with Crippen LogP contribution < -0.4 is 10.5 Å². The van der Waals surface area contributed by atoms with Crippen molar-refractivity contribution in [3.8, 4) is 22.7 Å². The molecule has 1 heterocycles. The predicted octanol–water partition coefficient (Wildman–Crippen LogP) is 3.65. The second-order valence-corrected chi connectivity index (χ2v) is 5.75. The highest BCUT2D eigenvalue weighted by Crippen LogP contribution is 2.30. The minimum absolute atomic E-state index is 0.369. The summed E-state index contributed by atoms with van der Waals surface area (Å²) in [6, 6.07) is 13.6. The molecular formula is C18H20N4O. The first-order valence-electron chi connectivity index (χ1n) is 7.55. The number of hydrogen-bond acceptors (Lipinski definition) is 4. The Hall–Kier alpha value is -2.82. The largest absolute Gasteiger partial charge is 0.496 e. The lowest BCUT2D eigenvalue weighted by Gasteiger charge is -2.12. The molecule has 0 atom stereocenters. The SMILES string of the molecule is COc1ccc(-c2cn(-c3cccc(N)c3)nn2)cc1C(C)C. The van der Waals surface area contributed by atoms with Gasteiger partial charge in [-0.15, -0.1) is 5.10 Å². The van der Waals surface area contributed by atoms with Crippen molar-refractivity contribution in [2.75, 3.05) is 12.8 Å². The molecule has 0 saturated carbocycles. The Morgan fingerprint density at radius 3 is 2.65 bits per heavy atom. The number of aromatic nitrogens is 3. The fraction of sp³-hybridized carbons (Fsp3) is 0.222. The molecule has 0 bridgehead atoms. The normalized spacial score (nSPS) is 11.0. The average molecular weight is 308 g/mol. The highest BCUT2D eigenvalue weighted by Gasteiger charge is 2.12. The second kappa shape index (κ2) is 6.12. The highest BCUT2D eigenvalue weighted by atomic mass is 16.5. The summed E-state index contributed by atoms with van der Waals surface area (Å²) in [6.07, 6.45) is 1.90. The lowest BCUT2D eigenvalue weighted by Crippen LogP contribution is -1.96. The van der Waals surface area contributed by atoms with Crippen molar-refractivity contribution in [1.82, 2.24) is 15.0 Å². The molecule has 5 heteroatoms. The topological polar surface area (TPSA) is 66.0 Å². The predicted molar refractivity (Wildman–Crippen MR) is 91.8 cm³/mol. The number of hydrogen-bond donors (Lipinski definition) is 1. The molecule has 23 heavy (non-hydrogen) atoms. The van der Waals surface area contributed by atoms with Crippen LogP contribution in [-0.4, -0.2) is 22.1 Å². The van der Waals surface area contributed by atoms with Crippen LogP contribution in [0.1, 0.15) is 25.3 Å². The summed E-state index contributed by atoms with van der Waals surface area (Å²) in [5, 5.41) is 8.48. The molecule has 0 aliphatic heterocycles. The second-order valence-electron chi connectivity index (χ2n) is 5.75. The van der Waals surface area contributed by atoms with E-state index in [0.29, 0.717) is 11.6 Å². The molecule has 5 nitrogen and oxygen atoms in total. The minimum Gasteiger partial charge on any atom is -0.496 e. The maximum Gasteiger partial charge on any atom is 0.122 e. The highest BCUT2D eigenvalue weighted by molar-refractivity contribution is 5.62. The molecule has 0 amide bonds. The quantitative estimate of drug-likeness (QED) is 0.747. The minimum atomic E-state index is 0.369. The van der Waals surface area contributed by atoms with Gasteiger partial charge >= 0.3 is 0 Å². The lowest BCUT2D eigenvalue weighted by atomic mass is 9.98. The summed E-state index contributed by atoms with van der Waals surface area (Å²) in [4.78, 5) is 0. The molecule has 0 aliphatic carbocycles. The zero-order chi connectivity index (χ0) is 16.4. The van der Waals surface area contributed by atoms with Gasteiger partial charge in [0.2, 0.25) is 0 Å². The Morgan fingerprint density at radius 2 is 1.96 bits per heavy atom. The average Bonchev–Trinajstić information content (AvgIpc) is 3.04. The van der Waals surface area contributed by atoms with E-state index in [0.717, 1.165) is 28.3 Å². The monoisotopic (exact) mass is 308 g/mol. The fourth-order valence-electron chi connectivity index (χ4n) is 2.53. The molecule has 0 fully saturated rings. The van der Waals surface area contributed by atoms with Gasteiger partial charge in [-0.1, -0.05) is 25.1 Å². The Bertz CT molecular complexity index is 823. The van der Waals surface area contributed by atoms with Crippen molar-refractivity contribution in [2.45, 2.75) is 19.8 Å². The number of nitrogens with two attached hydrogens (primary N) is 1. The van der Waals surface area contributed by atoms with E-state index >= 15 is 0 Å². The van der Waals surface area contributed by atoms with Gasteiger partial charge in [0.25, 0.3) is 0 Å². The third kappa shape index (κ3) is 3.04. The smallest absolute Gasteiger partial charge is 0.122 e. The van der Waals surface area contributed by atoms with E-state index in [9.17, 15) is 0 Å². The number of methoxy groups -OCH3 is 1. The third-order valence-electron chi connectivity index (χ3n) is 3.78. The van der Waals surface area contributed by atoms with Gasteiger partial charge in [-0.2, -0.15) is 0 Å². The fourth-order valence-corrected chi connectivity index (χ4v) is 2.53. The number of anilines is 1. The molecule has 0 unspecified atom stereocenters. The molecule has 0 saturated heterocycles. The van der Waals surface area contributed by atoms with Crippen molar-refractivity contribution in [3.63, 3.8) is 0 Å². The van der Waals surface area contributed by atoms with E-state index in [4.69, 9.17) is 10.5 Å². The molecular weight excluding hydrogens is 288 g/mol. The summed E-state index contributed by atoms with van der Waals surface area (Å²) in [6.45, 7) is 4.29. The first kappa shape index (κ1) is 15.1. The first-order chi connectivity index (χ1) is 11.1. The molecule has 0 aliphatic rings. The van der Waals surface area contributed by atoms with Crippen LogP contribution in [0.4, 0.5) is 5.69 Å². The van der Waals surface area contributed by atoms with Gasteiger partial charge in [0, 0.05) is 11.3 Å². The Kier molecular flexibility index (Phi) is 4.02. The van der Waals surface area contributed by atoms with E-state index in [1.165, 1.54) is 0 Å². The Balaban J connectivity index is 1.99. The van der Waals surface area contributed by atoms with Crippen LogP contribution in [0.3, 0.4) is 0 Å². The molecule has 3 aromatic rings. The summed E-state index contributed by atoms with van der Waals surface area (Å²) >= 11 is 0. The molecule has 2 aromatic carbocycles. The Labute approximate surface area is 135 Å². The number of rotatable bonds is 4. The molecule has 0 radical (unpaired) electrons. The van der Waals surface area contributed by atoms with Crippen LogP contribution in [0, 0.1) is 0 Å². The zero-order valence-corrected chi connectivity index (χ0v) is 13.5. The van der Waals surface area contributed by atoms with E-state index in [2.05, 4.69) is 30.2 Å². The van der Waals surface area contributed by atoms with Gasteiger partial charge < -0.3 is 10.5 Å². The molecule has 2 N–H and O–H groups in total. The van der Waals surface area contributed by atoms with Gasteiger partial charge in [0.1, 0.15) is 11.4 Å². The molecule has 3 rings (SSSR count). The Morgan fingerprint density at radius 1 is 1.13 bits per heavy atom. The van der Waals surface area contributed by atoms with Gasteiger partial charge in [-0.05, 0) is 47.9 Å². The van der Waals surface area contributed by atoms with Crippen molar-refractivity contribution in [2.24, 2.45) is 0 Å². The molecule has 0 spiro atoms. The van der Waals surface area contributed by atoms with E-state index in [1.807, 2.05) is 42.6 Å². The van der Waals surface area contributed by atoms with Crippen molar-refractivity contribution >= 4 is 5.69 Å². The number of benzene rings is 2. The van der Waals surface area contributed by atoms with Gasteiger partial charge in [0.05, 0.1) is 19.0 Å². The van der Waals surface area contributed by atoms with Gasteiger partial charge in [-0.25, -0.2) is 4.68 Å². The number of nitrogens with zero attached hydrogens (tertiary/aromatic N) is 3. The van der Waals surface area contributed by atoms with Gasteiger partial charge in [0.15, 0.2) is 0 Å².